The lowest BCUT2D eigenvalue weighted by Gasteiger charge is -2.22. The Bertz CT molecular complexity index is 523. The van der Waals surface area contributed by atoms with Gasteiger partial charge >= 0.3 is 5.69 Å². The molecule has 0 spiro atoms. The molecule has 2 rings (SSSR count). The topological polar surface area (TPSA) is 56.6 Å². The van der Waals surface area contributed by atoms with Crippen molar-refractivity contribution in [2.45, 2.75) is 38.9 Å². The minimum Gasteiger partial charge on any atom is -0.378 e. The van der Waals surface area contributed by atoms with E-state index in [4.69, 9.17) is 9.47 Å². The van der Waals surface area contributed by atoms with Gasteiger partial charge in [0.2, 0.25) is 0 Å². The normalized spacial score (nSPS) is 21.2. The van der Waals surface area contributed by atoms with Gasteiger partial charge in [0, 0.05) is 31.6 Å². The summed E-state index contributed by atoms with van der Waals surface area (Å²) in [6.07, 6.45) is 2.56. The van der Waals surface area contributed by atoms with Crippen molar-refractivity contribution in [1.82, 2.24) is 9.55 Å². The number of rotatable bonds is 8. The van der Waals surface area contributed by atoms with E-state index in [0.717, 1.165) is 31.1 Å². The third kappa shape index (κ3) is 4.24. The molecule has 2 atom stereocenters. The van der Waals surface area contributed by atoms with Crippen LogP contribution in [0.2, 0.25) is 0 Å². The van der Waals surface area contributed by atoms with E-state index in [-0.39, 0.29) is 17.4 Å². The SMILES string of the molecule is CCCN(CC)c1ccn([C@@H]2CS[C@H](COCC)O2)c(=O)n1. The Morgan fingerprint density at radius 1 is 1.50 bits per heavy atom. The number of aromatic nitrogens is 2. The molecule has 6 nitrogen and oxygen atoms in total. The second kappa shape index (κ2) is 8.55. The molecule has 1 fully saturated rings. The zero-order chi connectivity index (χ0) is 15.9. The van der Waals surface area contributed by atoms with E-state index < -0.39 is 0 Å². The fourth-order valence-corrected chi connectivity index (χ4v) is 3.41. The Morgan fingerprint density at radius 3 is 2.95 bits per heavy atom. The molecule has 7 heteroatoms. The monoisotopic (exact) mass is 327 g/mol. The molecule has 0 radical (unpaired) electrons. The number of nitrogens with zero attached hydrogens (tertiary/aromatic N) is 3. The standard InChI is InChI=1S/C15H25N3O3S/c1-4-8-17(5-2)12-7-9-18(15(19)16-12)13-11-22-14(21-13)10-20-6-3/h7,9,13-14H,4-6,8,10-11H2,1-3H3/t13-,14+/m0/s1. The van der Waals surface area contributed by atoms with Crippen LogP contribution in [0.3, 0.4) is 0 Å². The maximum atomic E-state index is 12.3. The molecule has 0 saturated carbocycles. The largest absolute Gasteiger partial charge is 0.378 e. The minimum absolute atomic E-state index is 0.0104. The van der Waals surface area contributed by atoms with Crippen LogP contribution in [0.5, 0.6) is 0 Å². The lowest BCUT2D eigenvalue weighted by molar-refractivity contribution is -0.0226. The van der Waals surface area contributed by atoms with Gasteiger partial charge in [-0.05, 0) is 26.3 Å². The van der Waals surface area contributed by atoms with Gasteiger partial charge in [-0.1, -0.05) is 6.92 Å². The van der Waals surface area contributed by atoms with Gasteiger partial charge in [0.05, 0.1) is 6.61 Å². The fourth-order valence-electron chi connectivity index (χ4n) is 2.39. The van der Waals surface area contributed by atoms with Crippen molar-refractivity contribution in [1.29, 1.82) is 0 Å². The zero-order valence-electron chi connectivity index (χ0n) is 13.5. The summed E-state index contributed by atoms with van der Waals surface area (Å²) in [6.45, 7) is 9.11. The van der Waals surface area contributed by atoms with Gasteiger partial charge in [0.25, 0.3) is 0 Å². The molecule has 1 aliphatic heterocycles. The molecule has 1 saturated heterocycles. The second-order valence-electron chi connectivity index (χ2n) is 5.07. The summed E-state index contributed by atoms with van der Waals surface area (Å²) in [7, 11) is 0. The first-order valence-corrected chi connectivity index (χ1v) is 8.93. The Balaban J connectivity index is 2.06. The van der Waals surface area contributed by atoms with Gasteiger partial charge in [-0.3, -0.25) is 4.57 Å². The molecule has 0 aromatic carbocycles. The highest BCUT2D eigenvalue weighted by Gasteiger charge is 2.28. The third-order valence-electron chi connectivity index (χ3n) is 3.52. The molecule has 0 amide bonds. The van der Waals surface area contributed by atoms with Gasteiger partial charge in [-0.25, -0.2) is 4.79 Å². The van der Waals surface area contributed by atoms with Crippen molar-refractivity contribution in [2.75, 3.05) is 37.0 Å². The number of ether oxygens (including phenoxy) is 2. The molecule has 124 valence electrons. The molecule has 22 heavy (non-hydrogen) atoms. The van der Waals surface area contributed by atoms with Crippen molar-refractivity contribution in [3.05, 3.63) is 22.7 Å². The molecule has 0 unspecified atom stereocenters. The van der Waals surface area contributed by atoms with Crippen molar-refractivity contribution in [2.24, 2.45) is 0 Å². The predicted molar refractivity (Wildman–Crippen MR) is 89.5 cm³/mol. The Kier molecular flexibility index (Phi) is 6.72. The third-order valence-corrected chi connectivity index (χ3v) is 4.61. The van der Waals surface area contributed by atoms with Crippen molar-refractivity contribution < 1.29 is 9.47 Å². The molecule has 1 aromatic rings. The van der Waals surface area contributed by atoms with Crippen LogP contribution in [0, 0.1) is 0 Å². The lowest BCUT2D eigenvalue weighted by Crippen LogP contribution is -2.32. The van der Waals surface area contributed by atoms with Gasteiger partial charge < -0.3 is 14.4 Å². The Morgan fingerprint density at radius 2 is 2.32 bits per heavy atom. The summed E-state index contributed by atoms with van der Waals surface area (Å²) in [5, 5.41) is 0. The summed E-state index contributed by atoms with van der Waals surface area (Å²) < 4.78 is 12.8. The van der Waals surface area contributed by atoms with E-state index in [2.05, 4.69) is 23.7 Å². The first-order valence-electron chi connectivity index (χ1n) is 7.88. The molecular formula is C15H25N3O3S. The van der Waals surface area contributed by atoms with Crippen LogP contribution in [-0.2, 0) is 9.47 Å². The molecule has 0 bridgehead atoms. The quantitative estimate of drug-likeness (QED) is 0.729. The van der Waals surface area contributed by atoms with Crippen LogP contribution in [0.1, 0.15) is 33.4 Å². The van der Waals surface area contributed by atoms with Gasteiger partial charge in [-0.15, -0.1) is 11.8 Å². The lowest BCUT2D eigenvalue weighted by atomic mass is 10.4. The number of anilines is 1. The van der Waals surface area contributed by atoms with Crippen LogP contribution in [-0.4, -0.2) is 47.0 Å². The smallest absolute Gasteiger partial charge is 0.351 e. The van der Waals surface area contributed by atoms with Gasteiger partial charge in [0.15, 0.2) is 0 Å². The van der Waals surface area contributed by atoms with Crippen LogP contribution in [0.4, 0.5) is 5.82 Å². The molecule has 2 heterocycles. The molecular weight excluding hydrogens is 302 g/mol. The Hall–Kier alpha value is -1.05. The van der Waals surface area contributed by atoms with Gasteiger partial charge in [0.1, 0.15) is 17.5 Å². The maximum absolute atomic E-state index is 12.3. The highest BCUT2D eigenvalue weighted by atomic mass is 32.2. The molecule has 1 aromatic heterocycles. The number of hydrogen-bond donors (Lipinski definition) is 0. The number of thioether (sulfide) groups is 1. The summed E-state index contributed by atoms with van der Waals surface area (Å²) in [5.41, 5.74) is -0.265. The summed E-state index contributed by atoms with van der Waals surface area (Å²) in [6, 6.07) is 1.89. The van der Waals surface area contributed by atoms with E-state index in [1.54, 1.807) is 22.5 Å². The first-order chi connectivity index (χ1) is 10.7. The summed E-state index contributed by atoms with van der Waals surface area (Å²) >= 11 is 1.67. The zero-order valence-corrected chi connectivity index (χ0v) is 14.3. The molecule has 1 aliphatic rings. The average Bonchev–Trinajstić information content (AvgIpc) is 2.99. The van der Waals surface area contributed by atoms with Crippen molar-refractivity contribution in [3.63, 3.8) is 0 Å². The van der Waals surface area contributed by atoms with Crippen molar-refractivity contribution >= 4 is 17.6 Å². The van der Waals surface area contributed by atoms with Crippen LogP contribution < -0.4 is 10.6 Å². The maximum Gasteiger partial charge on any atom is 0.351 e. The summed E-state index contributed by atoms with van der Waals surface area (Å²) in [4.78, 5) is 18.6. The van der Waals surface area contributed by atoms with E-state index in [1.165, 1.54) is 0 Å². The minimum atomic E-state index is -0.259. The average molecular weight is 327 g/mol. The highest BCUT2D eigenvalue weighted by Crippen LogP contribution is 2.31. The molecule has 0 aliphatic carbocycles. The first kappa shape index (κ1) is 17.3. The van der Waals surface area contributed by atoms with E-state index in [0.29, 0.717) is 13.2 Å². The van der Waals surface area contributed by atoms with E-state index >= 15 is 0 Å². The predicted octanol–water partition coefficient (Wildman–Crippen LogP) is 2.10. The highest BCUT2D eigenvalue weighted by molar-refractivity contribution is 8.00. The van der Waals surface area contributed by atoms with Crippen molar-refractivity contribution in [3.8, 4) is 0 Å². The van der Waals surface area contributed by atoms with Crippen LogP contribution in [0.15, 0.2) is 17.1 Å². The van der Waals surface area contributed by atoms with Crippen LogP contribution >= 0.6 is 11.8 Å². The van der Waals surface area contributed by atoms with E-state index in [1.807, 2.05) is 13.0 Å². The number of hydrogen-bond acceptors (Lipinski definition) is 6. The van der Waals surface area contributed by atoms with Gasteiger partial charge in [-0.2, -0.15) is 4.98 Å². The second-order valence-corrected chi connectivity index (χ2v) is 6.26. The fraction of sp³-hybridized carbons (Fsp3) is 0.733. The molecule has 0 N–H and O–H groups in total. The van der Waals surface area contributed by atoms with E-state index in [9.17, 15) is 4.79 Å². The summed E-state index contributed by atoms with van der Waals surface area (Å²) in [5.74, 6) is 1.48. The Labute approximate surface area is 135 Å². The van der Waals surface area contributed by atoms with Crippen LogP contribution in [0.25, 0.3) is 0 Å².